The Bertz CT molecular complexity index is 123. The van der Waals surface area contributed by atoms with Crippen molar-refractivity contribution in [2.75, 3.05) is 13.1 Å². The van der Waals surface area contributed by atoms with E-state index in [1.807, 2.05) is 0 Å². The lowest BCUT2D eigenvalue weighted by molar-refractivity contribution is 0.175. The Kier molecular flexibility index (Phi) is 4.38. The normalized spacial score (nSPS) is 31.0. The van der Waals surface area contributed by atoms with E-state index >= 15 is 0 Å². The third kappa shape index (κ3) is 2.37. The molecular formula is C10H20ClN. The Morgan fingerprint density at radius 1 is 1.17 bits per heavy atom. The van der Waals surface area contributed by atoms with Gasteiger partial charge in [0.05, 0.1) is 0 Å². The van der Waals surface area contributed by atoms with Crippen molar-refractivity contribution in [3.63, 3.8) is 0 Å². The van der Waals surface area contributed by atoms with E-state index in [0.717, 1.165) is 13.1 Å². The smallest absolute Gasteiger partial charge is 0.0491 e. The minimum absolute atomic E-state index is 0.402. The first-order valence-corrected chi connectivity index (χ1v) is 5.61. The fourth-order valence-electron chi connectivity index (χ4n) is 2.17. The van der Waals surface area contributed by atoms with Crippen LogP contribution in [0.2, 0.25) is 0 Å². The summed E-state index contributed by atoms with van der Waals surface area (Å²) in [5.41, 5.74) is 0. The second kappa shape index (κ2) is 5.08. The van der Waals surface area contributed by atoms with Crippen LogP contribution in [0.5, 0.6) is 0 Å². The number of halogens is 1. The van der Waals surface area contributed by atoms with E-state index in [0.29, 0.717) is 11.4 Å². The molecule has 0 bridgehead atoms. The Morgan fingerprint density at radius 3 is 2.25 bits per heavy atom. The fraction of sp³-hybridized carbons (Fsp3) is 1.00. The highest BCUT2D eigenvalue weighted by Gasteiger charge is 2.26. The van der Waals surface area contributed by atoms with Crippen LogP contribution in [0.1, 0.15) is 39.5 Å². The molecular weight excluding hydrogens is 170 g/mol. The molecule has 0 aromatic carbocycles. The minimum atomic E-state index is 0.402. The van der Waals surface area contributed by atoms with Crippen molar-refractivity contribution in [2.45, 2.75) is 50.9 Å². The summed E-state index contributed by atoms with van der Waals surface area (Å²) in [6.07, 6.45) is 5.20. The van der Waals surface area contributed by atoms with Crippen LogP contribution in [0.4, 0.5) is 0 Å². The van der Waals surface area contributed by atoms with Gasteiger partial charge < -0.3 is 0 Å². The first-order valence-electron chi connectivity index (χ1n) is 5.17. The molecule has 2 heteroatoms. The van der Waals surface area contributed by atoms with Crippen molar-refractivity contribution in [1.29, 1.82) is 0 Å². The van der Waals surface area contributed by atoms with Crippen LogP contribution in [0, 0.1) is 0 Å². The van der Waals surface area contributed by atoms with Gasteiger partial charge in [-0.25, -0.2) is 0 Å². The molecule has 1 aliphatic rings. The summed E-state index contributed by atoms with van der Waals surface area (Å²) in [7, 11) is 0. The molecule has 0 amide bonds. The quantitative estimate of drug-likeness (QED) is 0.618. The predicted octanol–water partition coefficient (Wildman–Crippen LogP) is 2.88. The van der Waals surface area contributed by atoms with Gasteiger partial charge >= 0.3 is 0 Å². The van der Waals surface area contributed by atoms with Crippen molar-refractivity contribution in [3.8, 4) is 0 Å². The summed E-state index contributed by atoms with van der Waals surface area (Å²) < 4.78 is 0. The van der Waals surface area contributed by atoms with Crippen LogP contribution in [-0.2, 0) is 0 Å². The fourth-order valence-corrected chi connectivity index (χ4v) is 2.61. The van der Waals surface area contributed by atoms with Gasteiger partial charge in [0.2, 0.25) is 0 Å². The minimum Gasteiger partial charge on any atom is -0.299 e. The van der Waals surface area contributed by atoms with Gasteiger partial charge in [-0.05, 0) is 25.9 Å². The second-order valence-electron chi connectivity index (χ2n) is 3.59. The lowest BCUT2D eigenvalue weighted by Crippen LogP contribution is -2.42. The zero-order valence-corrected chi connectivity index (χ0v) is 8.98. The molecule has 0 aromatic rings. The van der Waals surface area contributed by atoms with Gasteiger partial charge in [-0.3, -0.25) is 4.90 Å². The summed E-state index contributed by atoms with van der Waals surface area (Å²) in [4.78, 5) is 2.50. The van der Waals surface area contributed by atoms with Crippen LogP contribution >= 0.6 is 11.6 Å². The lowest BCUT2D eigenvalue weighted by Gasteiger charge is -2.36. The maximum Gasteiger partial charge on any atom is 0.0491 e. The van der Waals surface area contributed by atoms with E-state index < -0.39 is 0 Å². The molecule has 2 atom stereocenters. The number of alkyl halides is 1. The average molecular weight is 190 g/mol. The number of rotatable bonds is 3. The van der Waals surface area contributed by atoms with E-state index in [1.165, 1.54) is 25.7 Å². The average Bonchev–Trinajstić information content (AvgIpc) is 2.10. The topological polar surface area (TPSA) is 3.24 Å². The van der Waals surface area contributed by atoms with E-state index in [2.05, 4.69) is 18.7 Å². The Labute approximate surface area is 81.1 Å². The molecule has 0 unspecified atom stereocenters. The number of hydrogen-bond donors (Lipinski definition) is 0. The van der Waals surface area contributed by atoms with Gasteiger partial charge in [0.1, 0.15) is 0 Å². The van der Waals surface area contributed by atoms with Crippen molar-refractivity contribution in [2.24, 2.45) is 0 Å². The SMILES string of the molecule is CCN(CC)[C@@H]1CCCC[C@H]1Cl. The largest absolute Gasteiger partial charge is 0.299 e. The maximum atomic E-state index is 6.29. The van der Waals surface area contributed by atoms with Crippen LogP contribution in [-0.4, -0.2) is 29.4 Å². The molecule has 0 N–H and O–H groups in total. The molecule has 1 rings (SSSR count). The highest BCUT2D eigenvalue weighted by molar-refractivity contribution is 6.21. The zero-order chi connectivity index (χ0) is 8.97. The summed E-state index contributed by atoms with van der Waals surface area (Å²) >= 11 is 6.29. The van der Waals surface area contributed by atoms with Crippen molar-refractivity contribution < 1.29 is 0 Å². The van der Waals surface area contributed by atoms with Crippen LogP contribution in [0.3, 0.4) is 0 Å². The van der Waals surface area contributed by atoms with Crippen molar-refractivity contribution >= 4 is 11.6 Å². The molecule has 1 saturated carbocycles. The molecule has 0 aromatic heterocycles. The molecule has 0 radical (unpaired) electrons. The highest BCUT2D eigenvalue weighted by Crippen LogP contribution is 2.26. The molecule has 0 spiro atoms. The Morgan fingerprint density at radius 2 is 1.75 bits per heavy atom. The van der Waals surface area contributed by atoms with Crippen LogP contribution < -0.4 is 0 Å². The van der Waals surface area contributed by atoms with E-state index in [9.17, 15) is 0 Å². The van der Waals surface area contributed by atoms with Gasteiger partial charge in [0.25, 0.3) is 0 Å². The summed E-state index contributed by atoms with van der Waals surface area (Å²) in [6, 6.07) is 0.649. The van der Waals surface area contributed by atoms with Gasteiger partial charge in [0, 0.05) is 11.4 Å². The molecule has 72 valence electrons. The zero-order valence-electron chi connectivity index (χ0n) is 8.22. The molecule has 1 fully saturated rings. The van der Waals surface area contributed by atoms with Crippen LogP contribution in [0.25, 0.3) is 0 Å². The molecule has 1 nitrogen and oxygen atoms in total. The first-order chi connectivity index (χ1) is 5.79. The molecule has 1 aliphatic carbocycles. The second-order valence-corrected chi connectivity index (χ2v) is 4.15. The number of hydrogen-bond acceptors (Lipinski definition) is 1. The molecule has 0 aliphatic heterocycles. The standard InChI is InChI=1S/C10H20ClN/c1-3-12(4-2)10-8-6-5-7-9(10)11/h9-10H,3-8H2,1-2H3/t9-,10-/m1/s1. The van der Waals surface area contributed by atoms with Crippen molar-refractivity contribution in [1.82, 2.24) is 4.90 Å². The predicted molar refractivity (Wildman–Crippen MR) is 54.8 cm³/mol. The third-order valence-electron chi connectivity index (χ3n) is 2.93. The summed E-state index contributed by atoms with van der Waals surface area (Å²) in [5.74, 6) is 0. The third-order valence-corrected chi connectivity index (χ3v) is 3.44. The van der Waals surface area contributed by atoms with E-state index in [-0.39, 0.29) is 0 Å². The molecule has 0 heterocycles. The maximum absolute atomic E-state index is 6.29. The molecule has 12 heavy (non-hydrogen) atoms. The Balaban J connectivity index is 2.45. The van der Waals surface area contributed by atoms with Gasteiger partial charge in [0.15, 0.2) is 0 Å². The van der Waals surface area contributed by atoms with E-state index in [4.69, 9.17) is 11.6 Å². The monoisotopic (exact) mass is 189 g/mol. The summed E-state index contributed by atoms with van der Waals surface area (Å²) in [5, 5.41) is 0.402. The van der Waals surface area contributed by atoms with Crippen molar-refractivity contribution in [3.05, 3.63) is 0 Å². The van der Waals surface area contributed by atoms with Gasteiger partial charge in [-0.2, -0.15) is 0 Å². The lowest BCUT2D eigenvalue weighted by atomic mass is 9.93. The van der Waals surface area contributed by atoms with Gasteiger partial charge in [-0.15, -0.1) is 11.6 Å². The van der Waals surface area contributed by atoms with E-state index in [1.54, 1.807) is 0 Å². The van der Waals surface area contributed by atoms with Gasteiger partial charge in [-0.1, -0.05) is 26.7 Å². The highest BCUT2D eigenvalue weighted by atomic mass is 35.5. The molecule has 0 saturated heterocycles. The number of nitrogens with zero attached hydrogens (tertiary/aromatic N) is 1. The summed E-state index contributed by atoms with van der Waals surface area (Å²) in [6.45, 7) is 6.73. The first kappa shape index (κ1) is 10.3. The van der Waals surface area contributed by atoms with Crippen LogP contribution in [0.15, 0.2) is 0 Å². The Hall–Kier alpha value is 0.250.